The normalized spacial score (nSPS) is 10.7. The number of anilines is 1. The van der Waals surface area contributed by atoms with Gasteiger partial charge in [0.25, 0.3) is 0 Å². The first-order valence-electron chi connectivity index (χ1n) is 7.17. The van der Waals surface area contributed by atoms with Gasteiger partial charge in [0.2, 0.25) is 5.91 Å². The standard InChI is InChI=1S/C17H17N3O2S/c1-11-6-7-14-15(8-11)20-17(19-14)23-10-16(21)18-12-4-3-5-13(9-12)22-2/h3-9H,10H2,1-2H3,(H,18,21)(H,19,20). The van der Waals surface area contributed by atoms with Crippen molar-refractivity contribution < 1.29 is 9.53 Å². The number of aromatic nitrogens is 2. The van der Waals surface area contributed by atoms with Gasteiger partial charge >= 0.3 is 0 Å². The number of nitrogens with zero attached hydrogens (tertiary/aromatic N) is 1. The molecule has 1 heterocycles. The number of methoxy groups -OCH3 is 1. The summed E-state index contributed by atoms with van der Waals surface area (Å²) in [6.45, 7) is 2.04. The highest BCUT2D eigenvalue weighted by Gasteiger charge is 2.08. The van der Waals surface area contributed by atoms with Gasteiger partial charge in [-0.1, -0.05) is 23.9 Å². The van der Waals surface area contributed by atoms with E-state index in [0.717, 1.165) is 21.9 Å². The minimum absolute atomic E-state index is 0.0834. The predicted molar refractivity (Wildman–Crippen MR) is 93.2 cm³/mol. The summed E-state index contributed by atoms with van der Waals surface area (Å²) in [6, 6.07) is 13.3. The van der Waals surface area contributed by atoms with Crippen LogP contribution in [-0.2, 0) is 4.79 Å². The molecule has 0 unspecified atom stereocenters. The molecular formula is C17H17N3O2S. The topological polar surface area (TPSA) is 67.0 Å². The first-order valence-corrected chi connectivity index (χ1v) is 8.16. The second-order valence-electron chi connectivity index (χ2n) is 5.13. The number of imidazole rings is 1. The Balaban J connectivity index is 1.61. The number of thioether (sulfide) groups is 1. The van der Waals surface area contributed by atoms with Gasteiger partial charge in [-0.2, -0.15) is 0 Å². The molecule has 0 spiro atoms. The molecule has 0 saturated heterocycles. The first kappa shape index (κ1) is 15.4. The number of benzene rings is 2. The van der Waals surface area contributed by atoms with E-state index in [-0.39, 0.29) is 11.7 Å². The molecular weight excluding hydrogens is 310 g/mol. The van der Waals surface area contributed by atoms with Crippen molar-refractivity contribution in [3.8, 4) is 5.75 Å². The van der Waals surface area contributed by atoms with Gasteiger partial charge in [-0.3, -0.25) is 4.79 Å². The molecule has 3 rings (SSSR count). The minimum Gasteiger partial charge on any atom is -0.497 e. The monoisotopic (exact) mass is 327 g/mol. The predicted octanol–water partition coefficient (Wildman–Crippen LogP) is 3.61. The van der Waals surface area contributed by atoms with Crippen LogP contribution in [0.1, 0.15) is 5.56 Å². The summed E-state index contributed by atoms with van der Waals surface area (Å²) in [6.07, 6.45) is 0. The van der Waals surface area contributed by atoms with E-state index in [4.69, 9.17) is 4.74 Å². The van der Waals surface area contributed by atoms with Gasteiger partial charge in [0.15, 0.2) is 5.16 Å². The van der Waals surface area contributed by atoms with Crippen LogP contribution in [0.25, 0.3) is 11.0 Å². The van der Waals surface area contributed by atoms with E-state index >= 15 is 0 Å². The van der Waals surface area contributed by atoms with Gasteiger partial charge in [-0.25, -0.2) is 4.98 Å². The third-order valence-corrected chi connectivity index (χ3v) is 4.18. The van der Waals surface area contributed by atoms with E-state index in [2.05, 4.69) is 15.3 Å². The van der Waals surface area contributed by atoms with Gasteiger partial charge in [0.1, 0.15) is 5.75 Å². The zero-order valence-electron chi connectivity index (χ0n) is 12.9. The van der Waals surface area contributed by atoms with Crippen LogP contribution in [0.3, 0.4) is 0 Å². The molecule has 0 fully saturated rings. The molecule has 0 atom stereocenters. The largest absolute Gasteiger partial charge is 0.497 e. The van der Waals surface area contributed by atoms with Crippen LogP contribution in [0, 0.1) is 6.92 Å². The molecule has 2 N–H and O–H groups in total. The van der Waals surface area contributed by atoms with Gasteiger partial charge < -0.3 is 15.0 Å². The fraction of sp³-hybridized carbons (Fsp3) is 0.176. The number of rotatable bonds is 5. The lowest BCUT2D eigenvalue weighted by Crippen LogP contribution is -2.14. The summed E-state index contributed by atoms with van der Waals surface area (Å²) in [5.74, 6) is 0.915. The van der Waals surface area contributed by atoms with E-state index in [0.29, 0.717) is 5.75 Å². The van der Waals surface area contributed by atoms with E-state index in [1.807, 2.05) is 43.3 Å². The van der Waals surface area contributed by atoms with Crippen LogP contribution < -0.4 is 10.1 Å². The average molecular weight is 327 g/mol. The van der Waals surface area contributed by atoms with Crippen molar-refractivity contribution in [2.75, 3.05) is 18.2 Å². The van der Waals surface area contributed by atoms with E-state index in [1.54, 1.807) is 13.2 Å². The Kier molecular flexibility index (Phi) is 4.52. The molecule has 0 bridgehead atoms. The van der Waals surface area contributed by atoms with Gasteiger partial charge in [-0.05, 0) is 36.8 Å². The molecule has 23 heavy (non-hydrogen) atoms. The highest BCUT2D eigenvalue weighted by Crippen LogP contribution is 2.21. The summed E-state index contributed by atoms with van der Waals surface area (Å²) in [5.41, 5.74) is 3.79. The fourth-order valence-corrected chi connectivity index (χ4v) is 2.89. The van der Waals surface area contributed by atoms with Gasteiger partial charge in [-0.15, -0.1) is 0 Å². The molecule has 0 aliphatic heterocycles. The summed E-state index contributed by atoms with van der Waals surface area (Å²) < 4.78 is 5.14. The van der Waals surface area contributed by atoms with Crippen molar-refractivity contribution in [1.82, 2.24) is 9.97 Å². The van der Waals surface area contributed by atoms with E-state index in [9.17, 15) is 4.79 Å². The maximum atomic E-state index is 12.0. The maximum absolute atomic E-state index is 12.0. The number of fused-ring (bicyclic) bond motifs is 1. The number of hydrogen-bond acceptors (Lipinski definition) is 4. The lowest BCUT2D eigenvalue weighted by molar-refractivity contribution is -0.113. The van der Waals surface area contributed by atoms with Crippen molar-refractivity contribution in [1.29, 1.82) is 0 Å². The number of aryl methyl sites for hydroxylation is 1. The van der Waals surface area contributed by atoms with Crippen LogP contribution in [0.2, 0.25) is 0 Å². The molecule has 0 saturated carbocycles. The number of aromatic amines is 1. The molecule has 5 nitrogen and oxygen atoms in total. The highest BCUT2D eigenvalue weighted by molar-refractivity contribution is 7.99. The first-order chi connectivity index (χ1) is 11.1. The molecule has 0 radical (unpaired) electrons. The number of amides is 1. The fourth-order valence-electron chi connectivity index (χ4n) is 2.20. The average Bonchev–Trinajstić information content (AvgIpc) is 2.95. The van der Waals surface area contributed by atoms with E-state index in [1.165, 1.54) is 17.3 Å². The summed E-state index contributed by atoms with van der Waals surface area (Å²) in [4.78, 5) is 19.7. The smallest absolute Gasteiger partial charge is 0.234 e. The molecule has 1 aromatic heterocycles. The molecule has 118 valence electrons. The van der Waals surface area contributed by atoms with Crippen molar-refractivity contribution in [2.45, 2.75) is 12.1 Å². The minimum atomic E-state index is -0.0834. The van der Waals surface area contributed by atoms with Crippen LogP contribution in [0.15, 0.2) is 47.6 Å². The number of ether oxygens (including phenoxy) is 1. The molecule has 3 aromatic rings. The van der Waals surface area contributed by atoms with Crippen LogP contribution >= 0.6 is 11.8 Å². The zero-order valence-corrected chi connectivity index (χ0v) is 13.7. The van der Waals surface area contributed by atoms with Gasteiger partial charge in [0.05, 0.1) is 23.9 Å². The number of nitrogens with one attached hydrogen (secondary N) is 2. The number of hydrogen-bond donors (Lipinski definition) is 2. The third-order valence-electron chi connectivity index (χ3n) is 3.31. The van der Waals surface area contributed by atoms with Crippen LogP contribution in [0.5, 0.6) is 5.75 Å². The van der Waals surface area contributed by atoms with Crippen molar-refractivity contribution in [3.63, 3.8) is 0 Å². The van der Waals surface area contributed by atoms with E-state index < -0.39 is 0 Å². The molecule has 2 aromatic carbocycles. The summed E-state index contributed by atoms with van der Waals surface area (Å²) >= 11 is 1.38. The Bertz CT molecular complexity index is 845. The van der Waals surface area contributed by atoms with Crippen molar-refractivity contribution in [2.24, 2.45) is 0 Å². The Labute approximate surface area is 138 Å². The third kappa shape index (κ3) is 3.84. The number of H-pyrrole nitrogens is 1. The number of carbonyl (C=O) groups excluding carboxylic acids is 1. The van der Waals surface area contributed by atoms with Gasteiger partial charge in [0, 0.05) is 11.8 Å². The Morgan fingerprint density at radius 3 is 3.00 bits per heavy atom. The Morgan fingerprint density at radius 2 is 2.17 bits per heavy atom. The Hall–Kier alpha value is -2.47. The van der Waals surface area contributed by atoms with Crippen molar-refractivity contribution in [3.05, 3.63) is 48.0 Å². The zero-order chi connectivity index (χ0) is 16.2. The second kappa shape index (κ2) is 6.75. The van der Waals surface area contributed by atoms with Crippen molar-refractivity contribution >= 4 is 34.4 Å². The summed E-state index contributed by atoms with van der Waals surface area (Å²) in [5, 5.41) is 3.59. The number of carbonyl (C=O) groups is 1. The second-order valence-corrected chi connectivity index (χ2v) is 6.10. The maximum Gasteiger partial charge on any atom is 0.234 e. The Morgan fingerprint density at radius 1 is 1.30 bits per heavy atom. The lowest BCUT2D eigenvalue weighted by atomic mass is 10.2. The SMILES string of the molecule is COc1cccc(NC(=O)CSc2nc3ccc(C)cc3[nH]2)c1. The molecule has 0 aliphatic carbocycles. The molecule has 1 amide bonds. The van der Waals surface area contributed by atoms with Crippen LogP contribution in [-0.4, -0.2) is 28.7 Å². The summed E-state index contributed by atoms with van der Waals surface area (Å²) in [7, 11) is 1.60. The van der Waals surface area contributed by atoms with Crippen LogP contribution in [0.4, 0.5) is 5.69 Å². The molecule has 0 aliphatic rings. The quantitative estimate of drug-likeness (QED) is 0.703. The lowest BCUT2D eigenvalue weighted by Gasteiger charge is -2.06. The molecule has 6 heteroatoms. The highest BCUT2D eigenvalue weighted by atomic mass is 32.2.